The fourth-order valence-electron chi connectivity index (χ4n) is 2.41. The van der Waals surface area contributed by atoms with Crippen LogP contribution in [-0.2, 0) is 0 Å². The molecule has 1 aromatic heterocycles. The van der Waals surface area contributed by atoms with Crippen molar-refractivity contribution in [3.8, 4) is 0 Å². The third kappa shape index (κ3) is 3.11. The fraction of sp³-hybridized carbons (Fsp3) is 0.667. The summed E-state index contributed by atoms with van der Waals surface area (Å²) in [6.45, 7) is 7.17. The van der Waals surface area contributed by atoms with Gasteiger partial charge in [0.15, 0.2) is 0 Å². The molecule has 19 heavy (non-hydrogen) atoms. The number of nitrogens with zero attached hydrogens (tertiary/aromatic N) is 2. The maximum absolute atomic E-state index is 12.7. The van der Waals surface area contributed by atoms with Crippen molar-refractivity contribution in [1.29, 1.82) is 0 Å². The summed E-state index contributed by atoms with van der Waals surface area (Å²) < 4.78 is 1.99. The molecule has 4 nitrogen and oxygen atoms in total. The van der Waals surface area contributed by atoms with Crippen molar-refractivity contribution >= 4 is 11.6 Å². The molecule has 4 heteroatoms. The summed E-state index contributed by atoms with van der Waals surface area (Å²) in [4.78, 5) is 14.8. The highest BCUT2D eigenvalue weighted by molar-refractivity contribution is 5.94. The summed E-state index contributed by atoms with van der Waals surface area (Å²) >= 11 is 0. The summed E-state index contributed by atoms with van der Waals surface area (Å²) in [6, 6.07) is 2.52. The largest absolute Gasteiger partial charge is 0.397 e. The number of amides is 1. The Labute approximate surface area is 115 Å². The van der Waals surface area contributed by atoms with Crippen LogP contribution in [-0.4, -0.2) is 28.0 Å². The van der Waals surface area contributed by atoms with Crippen LogP contribution < -0.4 is 5.73 Å². The van der Waals surface area contributed by atoms with Crippen LogP contribution in [0.2, 0.25) is 0 Å². The van der Waals surface area contributed by atoms with Gasteiger partial charge in [-0.3, -0.25) is 4.79 Å². The molecule has 2 N–H and O–H groups in total. The Hall–Kier alpha value is -1.45. The molecule has 106 valence electrons. The molecule has 1 aromatic rings. The number of nitrogen functional groups attached to an aromatic ring is 1. The first-order valence-corrected chi connectivity index (χ1v) is 7.33. The molecule has 0 radical (unpaired) electrons. The van der Waals surface area contributed by atoms with Crippen molar-refractivity contribution in [3.63, 3.8) is 0 Å². The fourth-order valence-corrected chi connectivity index (χ4v) is 2.41. The number of nitrogens with two attached hydrogens (primary N) is 1. The summed E-state index contributed by atoms with van der Waals surface area (Å²) in [7, 11) is 0. The maximum atomic E-state index is 12.7. The molecule has 0 aromatic carbocycles. The number of carbonyl (C=O) groups excluding carboxylic acids is 1. The van der Waals surface area contributed by atoms with Gasteiger partial charge in [0, 0.05) is 24.8 Å². The zero-order valence-corrected chi connectivity index (χ0v) is 12.2. The number of rotatable bonds is 6. The number of hydrogen-bond donors (Lipinski definition) is 1. The Morgan fingerprint density at radius 1 is 1.53 bits per heavy atom. The van der Waals surface area contributed by atoms with E-state index in [1.165, 1.54) is 0 Å². The summed E-state index contributed by atoms with van der Waals surface area (Å²) in [5.41, 5.74) is 7.26. The number of carbonyl (C=O) groups is 1. The van der Waals surface area contributed by atoms with Gasteiger partial charge in [-0.1, -0.05) is 13.3 Å². The minimum Gasteiger partial charge on any atom is -0.397 e. The van der Waals surface area contributed by atoms with Crippen molar-refractivity contribution in [2.24, 2.45) is 0 Å². The molecule has 0 aliphatic heterocycles. The van der Waals surface area contributed by atoms with Crippen molar-refractivity contribution < 1.29 is 4.79 Å². The lowest BCUT2D eigenvalue weighted by Crippen LogP contribution is -2.35. The minimum absolute atomic E-state index is 0.140. The van der Waals surface area contributed by atoms with Crippen LogP contribution in [0.5, 0.6) is 0 Å². The second kappa shape index (κ2) is 5.68. The molecule has 1 heterocycles. The molecule has 0 saturated heterocycles. The van der Waals surface area contributed by atoms with E-state index in [0.717, 1.165) is 37.9 Å². The Balaban J connectivity index is 2.21. The van der Waals surface area contributed by atoms with Crippen LogP contribution in [0.25, 0.3) is 0 Å². The first kappa shape index (κ1) is 14.0. The van der Waals surface area contributed by atoms with E-state index in [1.54, 1.807) is 0 Å². The molecule has 2 rings (SSSR count). The topological polar surface area (TPSA) is 51.3 Å². The zero-order valence-electron chi connectivity index (χ0n) is 12.2. The molecule has 1 amide bonds. The van der Waals surface area contributed by atoms with Gasteiger partial charge in [0.05, 0.1) is 5.69 Å². The summed E-state index contributed by atoms with van der Waals surface area (Å²) in [6.07, 6.45) is 6.34. The van der Waals surface area contributed by atoms with E-state index in [9.17, 15) is 4.79 Å². The van der Waals surface area contributed by atoms with Crippen LogP contribution in [0, 0.1) is 0 Å². The molecular formula is C15H25N3O. The monoisotopic (exact) mass is 263 g/mol. The molecule has 0 unspecified atom stereocenters. The molecule has 1 aliphatic rings. The predicted octanol–water partition coefficient (Wildman–Crippen LogP) is 3.06. The first-order chi connectivity index (χ1) is 9.04. The average Bonchev–Trinajstić information content (AvgIpc) is 3.11. The molecule has 0 atom stereocenters. The van der Waals surface area contributed by atoms with E-state index in [2.05, 4.69) is 20.8 Å². The van der Waals surface area contributed by atoms with Gasteiger partial charge in [-0.05, 0) is 39.2 Å². The first-order valence-electron chi connectivity index (χ1n) is 7.33. The van der Waals surface area contributed by atoms with Gasteiger partial charge in [-0.2, -0.15) is 0 Å². The lowest BCUT2D eigenvalue weighted by Gasteiger charge is -2.23. The van der Waals surface area contributed by atoms with E-state index >= 15 is 0 Å². The molecule has 1 aliphatic carbocycles. The zero-order chi connectivity index (χ0) is 14.0. The van der Waals surface area contributed by atoms with Crippen molar-refractivity contribution in [2.45, 2.75) is 58.5 Å². The van der Waals surface area contributed by atoms with Gasteiger partial charge in [0.25, 0.3) is 5.91 Å². The van der Waals surface area contributed by atoms with Crippen molar-refractivity contribution in [1.82, 2.24) is 9.47 Å². The Kier molecular flexibility index (Phi) is 4.17. The van der Waals surface area contributed by atoms with Gasteiger partial charge < -0.3 is 15.2 Å². The second-order valence-corrected chi connectivity index (χ2v) is 5.74. The molecular weight excluding hydrogens is 238 g/mol. The van der Waals surface area contributed by atoms with Crippen molar-refractivity contribution in [3.05, 3.63) is 18.0 Å². The number of unbranched alkanes of at least 4 members (excludes halogenated alkanes) is 1. The van der Waals surface area contributed by atoms with E-state index in [0.29, 0.717) is 11.7 Å². The Morgan fingerprint density at radius 2 is 2.21 bits per heavy atom. The van der Waals surface area contributed by atoms with Gasteiger partial charge in [-0.15, -0.1) is 0 Å². The highest BCUT2D eigenvalue weighted by Gasteiger charge is 2.33. The maximum Gasteiger partial charge on any atom is 0.270 e. The summed E-state index contributed by atoms with van der Waals surface area (Å²) in [5.74, 6) is 0.140. The highest BCUT2D eigenvalue weighted by Crippen LogP contribution is 2.29. The quantitative estimate of drug-likeness (QED) is 0.857. The standard InChI is InChI=1S/C15H25N3O/c1-4-5-8-17(13-6-7-13)15(19)14-9-12(16)10-18(14)11(2)3/h9-11,13H,4-8,16H2,1-3H3. The third-order valence-electron chi connectivity index (χ3n) is 3.65. The Morgan fingerprint density at radius 3 is 2.74 bits per heavy atom. The van der Waals surface area contributed by atoms with Crippen LogP contribution in [0.4, 0.5) is 5.69 Å². The van der Waals surface area contributed by atoms with E-state index in [4.69, 9.17) is 5.73 Å². The lowest BCUT2D eigenvalue weighted by atomic mass is 10.2. The molecule has 1 saturated carbocycles. The van der Waals surface area contributed by atoms with Gasteiger partial charge in [0.1, 0.15) is 5.69 Å². The normalized spacial score (nSPS) is 14.9. The number of anilines is 1. The van der Waals surface area contributed by atoms with Crippen LogP contribution in [0.15, 0.2) is 12.3 Å². The van der Waals surface area contributed by atoms with E-state index in [1.807, 2.05) is 21.7 Å². The molecule has 1 fully saturated rings. The number of aromatic nitrogens is 1. The Bertz CT molecular complexity index is 446. The van der Waals surface area contributed by atoms with Crippen LogP contribution >= 0.6 is 0 Å². The predicted molar refractivity (Wildman–Crippen MR) is 78.2 cm³/mol. The van der Waals surface area contributed by atoms with E-state index in [-0.39, 0.29) is 11.9 Å². The average molecular weight is 263 g/mol. The van der Waals surface area contributed by atoms with Gasteiger partial charge in [0.2, 0.25) is 0 Å². The van der Waals surface area contributed by atoms with Gasteiger partial charge in [-0.25, -0.2) is 0 Å². The van der Waals surface area contributed by atoms with Crippen molar-refractivity contribution in [2.75, 3.05) is 12.3 Å². The third-order valence-corrected chi connectivity index (χ3v) is 3.65. The smallest absolute Gasteiger partial charge is 0.270 e. The number of hydrogen-bond acceptors (Lipinski definition) is 2. The molecule has 0 bridgehead atoms. The second-order valence-electron chi connectivity index (χ2n) is 5.74. The minimum atomic E-state index is 0.140. The molecule has 0 spiro atoms. The van der Waals surface area contributed by atoms with Gasteiger partial charge >= 0.3 is 0 Å². The van der Waals surface area contributed by atoms with E-state index < -0.39 is 0 Å². The highest BCUT2D eigenvalue weighted by atomic mass is 16.2. The summed E-state index contributed by atoms with van der Waals surface area (Å²) in [5, 5.41) is 0. The van der Waals surface area contributed by atoms with Crippen LogP contribution in [0.3, 0.4) is 0 Å². The SMILES string of the molecule is CCCCN(C(=O)c1cc(N)cn1C(C)C)C1CC1. The van der Waals surface area contributed by atoms with Crippen LogP contribution in [0.1, 0.15) is 63.0 Å². The lowest BCUT2D eigenvalue weighted by molar-refractivity contribution is 0.0728.